The first-order valence-corrected chi connectivity index (χ1v) is 7.21. The largest absolute Gasteiger partial charge is 0.467 e. The molecule has 0 aliphatic carbocycles. The second-order valence-corrected chi connectivity index (χ2v) is 5.40. The fraction of sp³-hybridized carbons (Fsp3) is 0.438. The Morgan fingerprint density at radius 1 is 1.30 bits per heavy atom. The number of methoxy groups -OCH3 is 1. The molecule has 0 heterocycles. The lowest BCUT2D eigenvalue weighted by atomic mass is 9.95. The molecular formula is C16H21FN2O4. The third kappa shape index (κ3) is 4.77. The highest BCUT2D eigenvalue weighted by Gasteiger charge is 2.35. The monoisotopic (exact) mass is 324 g/mol. The maximum atomic E-state index is 13.6. The molecule has 1 unspecified atom stereocenters. The van der Waals surface area contributed by atoms with E-state index in [1.807, 2.05) is 6.92 Å². The predicted molar refractivity (Wildman–Crippen MR) is 83.5 cm³/mol. The minimum Gasteiger partial charge on any atom is -0.467 e. The normalized spacial score (nSPS) is 12.9. The van der Waals surface area contributed by atoms with Crippen molar-refractivity contribution in [2.45, 2.75) is 39.2 Å². The van der Waals surface area contributed by atoms with Crippen molar-refractivity contribution >= 4 is 23.5 Å². The summed E-state index contributed by atoms with van der Waals surface area (Å²) in [6, 6.07) is 3.57. The molecule has 0 spiro atoms. The molecule has 23 heavy (non-hydrogen) atoms. The fourth-order valence-electron chi connectivity index (χ4n) is 2.22. The lowest BCUT2D eigenvalue weighted by molar-refractivity contribution is -0.147. The van der Waals surface area contributed by atoms with Crippen LogP contribution in [0.25, 0.3) is 0 Å². The Morgan fingerprint density at radius 3 is 2.48 bits per heavy atom. The van der Waals surface area contributed by atoms with E-state index in [2.05, 4.69) is 10.6 Å². The predicted octanol–water partition coefficient (Wildman–Crippen LogP) is 2.25. The number of carbonyl (C=O) groups excluding carboxylic acids is 3. The standard InChI is InChI=1S/C16H21FN2O4/c1-5-8-16(3,15(22)23-4)19-14(21)11-6-7-12(17)13(9-11)18-10(2)20/h6-7,9H,5,8H2,1-4H3,(H,18,20)(H,19,21). The summed E-state index contributed by atoms with van der Waals surface area (Å²) in [4.78, 5) is 35.3. The van der Waals surface area contributed by atoms with Gasteiger partial charge < -0.3 is 15.4 Å². The molecule has 1 rings (SSSR count). The van der Waals surface area contributed by atoms with Crippen LogP contribution in [0.5, 0.6) is 0 Å². The van der Waals surface area contributed by atoms with Gasteiger partial charge in [0, 0.05) is 12.5 Å². The molecule has 1 aromatic carbocycles. The number of ether oxygens (including phenoxy) is 1. The first-order valence-electron chi connectivity index (χ1n) is 7.21. The fourth-order valence-corrected chi connectivity index (χ4v) is 2.22. The van der Waals surface area contributed by atoms with Gasteiger partial charge in [-0.2, -0.15) is 0 Å². The summed E-state index contributed by atoms with van der Waals surface area (Å²) in [6.45, 7) is 4.68. The van der Waals surface area contributed by atoms with Crippen molar-refractivity contribution in [3.63, 3.8) is 0 Å². The summed E-state index contributed by atoms with van der Waals surface area (Å²) in [5, 5.41) is 4.92. The van der Waals surface area contributed by atoms with E-state index in [9.17, 15) is 18.8 Å². The Hall–Kier alpha value is -2.44. The van der Waals surface area contributed by atoms with E-state index in [-0.39, 0.29) is 11.3 Å². The molecule has 2 amide bonds. The van der Waals surface area contributed by atoms with Crippen LogP contribution in [0.3, 0.4) is 0 Å². The van der Waals surface area contributed by atoms with Gasteiger partial charge in [0.2, 0.25) is 5.91 Å². The summed E-state index contributed by atoms with van der Waals surface area (Å²) in [5.74, 6) is -2.22. The van der Waals surface area contributed by atoms with E-state index in [4.69, 9.17) is 4.74 Å². The second kappa shape index (κ2) is 7.71. The summed E-state index contributed by atoms with van der Waals surface area (Å²) < 4.78 is 18.3. The second-order valence-electron chi connectivity index (χ2n) is 5.40. The van der Waals surface area contributed by atoms with Crippen LogP contribution in [0, 0.1) is 5.82 Å². The van der Waals surface area contributed by atoms with E-state index in [0.717, 1.165) is 6.07 Å². The number of esters is 1. The number of carbonyl (C=O) groups is 3. The zero-order valence-electron chi connectivity index (χ0n) is 13.7. The van der Waals surface area contributed by atoms with Crippen LogP contribution in [0.2, 0.25) is 0 Å². The summed E-state index contributed by atoms with van der Waals surface area (Å²) in [7, 11) is 1.25. The smallest absolute Gasteiger partial charge is 0.331 e. The summed E-state index contributed by atoms with van der Waals surface area (Å²) in [6.07, 6.45) is 1.05. The van der Waals surface area contributed by atoms with Gasteiger partial charge in [0.05, 0.1) is 12.8 Å². The zero-order chi connectivity index (χ0) is 17.6. The van der Waals surface area contributed by atoms with Crippen molar-refractivity contribution in [3.05, 3.63) is 29.6 Å². The molecule has 0 aliphatic rings. The minimum atomic E-state index is -1.18. The van der Waals surface area contributed by atoms with Gasteiger partial charge >= 0.3 is 5.97 Å². The van der Waals surface area contributed by atoms with Gasteiger partial charge in [-0.25, -0.2) is 9.18 Å². The van der Waals surface area contributed by atoms with Crippen molar-refractivity contribution < 1.29 is 23.5 Å². The highest BCUT2D eigenvalue weighted by Crippen LogP contribution is 2.19. The number of hydrogen-bond acceptors (Lipinski definition) is 4. The van der Waals surface area contributed by atoms with Crippen LogP contribution in [-0.2, 0) is 14.3 Å². The van der Waals surface area contributed by atoms with Crippen molar-refractivity contribution in [2.75, 3.05) is 12.4 Å². The molecule has 2 N–H and O–H groups in total. The van der Waals surface area contributed by atoms with Crippen LogP contribution in [0.1, 0.15) is 44.0 Å². The van der Waals surface area contributed by atoms with Crippen molar-refractivity contribution in [2.24, 2.45) is 0 Å². The summed E-state index contributed by atoms with van der Waals surface area (Å²) in [5.41, 5.74) is -1.15. The Balaban J connectivity index is 3.04. The average molecular weight is 324 g/mol. The van der Waals surface area contributed by atoms with Gasteiger partial charge in [0.25, 0.3) is 5.91 Å². The number of halogens is 1. The van der Waals surface area contributed by atoms with E-state index in [0.29, 0.717) is 12.8 Å². The number of nitrogens with one attached hydrogen (secondary N) is 2. The number of anilines is 1. The zero-order valence-corrected chi connectivity index (χ0v) is 13.7. The van der Waals surface area contributed by atoms with E-state index < -0.39 is 29.1 Å². The first-order chi connectivity index (χ1) is 10.7. The molecule has 0 aliphatic heterocycles. The van der Waals surface area contributed by atoms with Crippen molar-refractivity contribution in [3.8, 4) is 0 Å². The third-order valence-electron chi connectivity index (χ3n) is 3.31. The molecule has 0 fully saturated rings. The Kier molecular flexibility index (Phi) is 6.24. The van der Waals surface area contributed by atoms with Crippen LogP contribution in [0.15, 0.2) is 18.2 Å². The minimum absolute atomic E-state index is 0.0968. The quantitative estimate of drug-likeness (QED) is 0.786. The Bertz CT molecular complexity index is 618. The maximum absolute atomic E-state index is 13.6. The highest BCUT2D eigenvalue weighted by atomic mass is 19.1. The molecule has 1 aromatic rings. The molecule has 0 bridgehead atoms. The van der Waals surface area contributed by atoms with Gasteiger partial charge in [0.1, 0.15) is 11.4 Å². The molecule has 0 radical (unpaired) electrons. The van der Waals surface area contributed by atoms with Crippen LogP contribution in [-0.4, -0.2) is 30.4 Å². The van der Waals surface area contributed by atoms with Gasteiger partial charge in [-0.1, -0.05) is 13.3 Å². The Morgan fingerprint density at radius 2 is 1.96 bits per heavy atom. The molecule has 6 nitrogen and oxygen atoms in total. The van der Waals surface area contributed by atoms with Crippen molar-refractivity contribution in [1.82, 2.24) is 5.32 Å². The lowest BCUT2D eigenvalue weighted by Crippen LogP contribution is -2.52. The number of amides is 2. The average Bonchev–Trinajstić information content (AvgIpc) is 2.48. The lowest BCUT2D eigenvalue weighted by Gasteiger charge is -2.27. The SMILES string of the molecule is CCCC(C)(NC(=O)c1ccc(F)c(NC(C)=O)c1)C(=O)OC. The molecule has 0 saturated heterocycles. The van der Waals surface area contributed by atoms with E-state index in [1.54, 1.807) is 6.92 Å². The third-order valence-corrected chi connectivity index (χ3v) is 3.31. The first kappa shape index (κ1) is 18.6. The van der Waals surface area contributed by atoms with E-state index in [1.165, 1.54) is 26.2 Å². The molecule has 126 valence electrons. The Labute approximate surface area is 134 Å². The summed E-state index contributed by atoms with van der Waals surface area (Å²) >= 11 is 0. The van der Waals surface area contributed by atoms with Gasteiger partial charge in [-0.05, 0) is 31.5 Å². The molecule has 7 heteroatoms. The molecular weight excluding hydrogens is 303 g/mol. The molecule has 0 saturated carbocycles. The van der Waals surface area contributed by atoms with Gasteiger partial charge in [-0.15, -0.1) is 0 Å². The topological polar surface area (TPSA) is 84.5 Å². The number of hydrogen-bond donors (Lipinski definition) is 2. The van der Waals surface area contributed by atoms with E-state index >= 15 is 0 Å². The molecule has 0 aromatic heterocycles. The number of benzene rings is 1. The van der Waals surface area contributed by atoms with Gasteiger partial charge in [-0.3, -0.25) is 9.59 Å². The number of rotatable bonds is 6. The van der Waals surface area contributed by atoms with Crippen LogP contribution in [0.4, 0.5) is 10.1 Å². The van der Waals surface area contributed by atoms with Crippen LogP contribution < -0.4 is 10.6 Å². The highest BCUT2D eigenvalue weighted by molar-refractivity contribution is 5.99. The molecule has 1 atom stereocenters. The van der Waals surface area contributed by atoms with Crippen LogP contribution >= 0.6 is 0 Å². The van der Waals surface area contributed by atoms with Crippen molar-refractivity contribution in [1.29, 1.82) is 0 Å². The maximum Gasteiger partial charge on any atom is 0.331 e. The van der Waals surface area contributed by atoms with Gasteiger partial charge in [0.15, 0.2) is 0 Å².